The summed E-state index contributed by atoms with van der Waals surface area (Å²) in [6.45, 7) is 0. The molecule has 228 valence electrons. The summed E-state index contributed by atoms with van der Waals surface area (Å²) < 4.78 is 11.0. The van der Waals surface area contributed by atoms with Gasteiger partial charge in [-0.2, -0.15) is 0 Å². The van der Waals surface area contributed by atoms with Gasteiger partial charge in [-0.3, -0.25) is 0 Å². The molecule has 0 atom stereocenters. The van der Waals surface area contributed by atoms with Crippen LogP contribution in [-0.4, -0.2) is 14.0 Å². The normalized spacial score (nSPS) is 11.5. The van der Waals surface area contributed by atoms with Gasteiger partial charge in [0.15, 0.2) is 5.76 Å². The number of hydrogen-bond donors (Lipinski definition) is 0. The summed E-state index contributed by atoms with van der Waals surface area (Å²) in [5, 5.41) is 2.36. The number of hydrogen-bond acceptors (Lipinski definition) is 5. The van der Waals surface area contributed by atoms with Crippen molar-refractivity contribution in [1.29, 1.82) is 0 Å². The van der Waals surface area contributed by atoms with Crippen LogP contribution in [0.25, 0.3) is 76.5 Å². The van der Waals surface area contributed by atoms with Gasteiger partial charge in [0.2, 0.25) is 0 Å². The molecule has 9 aromatic rings. The van der Waals surface area contributed by atoms with Crippen LogP contribution in [0.3, 0.4) is 0 Å². The lowest BCUT2D eigenvalue weighted by molar-refractivity contribution is 0.592. The molecule has 0 saturated carbocycles. The SMILES string of the molecule is O=c1nc2oc(-c3ccccc3)c(-c3ccccc3)n2c(=O)n1-c1cccc(-c2cccc3c2sc2c(-c4ccccc4)cccc23)c1. The fourth-order valence-electron chi connectivity index (χ4n) is 6.51. The van der Waals surface area contributed by atoms with E-state index in [0.717, 1.165) is 36.9 Å². The average Bonchev–Trinajstić information content (AvgIpc) is 3.72. The Morgan fingerprint density at radius 3 is 1.73 bits per heavy atom. The lowest BCUT2D eigenvalue weighted by atomic mass is 10.00. The van der Waals surface area contributed by atoms with Crippen LogP contribution in [-0.2, 0) is 0 Å². The van der Waals surface area contributed by atoms with E-state index in [-0.39, 0.29) is 5.84 Å². The molecule has 0 spiro atoms. The largest absolute Gasteiger partial charge is 0.422 e. The maximum absolute atomic E-state index is 14.4. The summed E-state index contributed by atoms with van der Waals surface area (Å²) in [4.78, 5) is 32.2. The number of oxazole rings is 1. The zero-order valence-electron chi connectivity index (χ0n) is 25.4. The standard InChI is InChI=1S/C41H25N3O3S/c45-39-42-40-44(35(27-15-6-2-7-16-27)36(47-40)28-17-8-3-9-18-28)41(46)43(39)30-20-10-19-29(25-30)32-22-12-24-34-33-23-11-21-31(37(33)48-38(32)34)26-13-4-1-5-14-26/h1-25H. The summed E-state index contributed by atoms with van der Waals surface area (Å²) in [5.74, 6) is 0.406. The predicted molar refractivity (Wildman–Crippen MR) is 194 cm³/mol. The van der Waals surface area contributed by atoms with Crippen molar-refractivity contribution in [1.82, 2.24) is 14.0 Å². The fourth-order valence-corrected chi connectivity index (χ4v) is 7.89. The van der Waals surface area contributed by atoms with Crippen LogP contribution in [0.15, 0.2) is 166 Å². The molecule has 48 heavy (non-hydrogen) atoms. The molecular formula is C41H25N3O3S. The Morgan fingerprint density at radius 2 is 1.08 bits per heavy atom. The fraction of sp³-hybridized carbons (Fsp3) is 0. The van der Waals surface area contributed by atoms with Gasteiger partial charge in [-0.15, -0.1) is 16.3 Å². The van der Waals surface area contributed by atoms with E-state index in [1.54, 1.807) is 17.4 Å². The van der Waals surface area contributed by atoms with Crippen molar-refractivity contribution in [2.75, 3.05) is 0 Å². The Bertz CT molecular complexity index is 2760. The van der Waals surface area contributed by atoms with Crippen molar-refractivity contribution in [3.63, 3.8) is 0 Å². The maximum atomic E-state index is 14.4. The molecule has 0 aliphatic carbocycles. The molecule has 3 aromatic heterocycles. The van der Waals surface area contributed by atoms with E-state index >= 15 is 0 Å². The Balaban J connectivity index is 1.24. The molecule has 7 heteroatoms. The summed E-state index contributed by atoms with van der Waals surface area (Å²) >= 11 is 1.76. The molecule has 0 aliphatic rings. The lowest BCUT2D eigenvalue weighted by Gasteiger charge is -2.09. The van der Waals surface area contributed by atoms with Crippen molar-refractivity contribution in [2.45, 2.75) is 0 Å². The third-order valence-corrected chi connectivity index (χ3v) is 9.98. The number of benzene rings is 6. The van der Waals surface area contributed by atoms with E-state index < -0.39 is 11.4 Å². The van der Waals surface area contributed by atoms with E-state index in [1.807, 2.05) is 84.9 Å². The highest BCUT2D eigenvalue weighted by Crippen LogP contribution is 2.44. The minimum absolute atomic E-state index is 0.0561. The van der Waals surface area contributed by atoms with E-state index in [0.29, 0.717) is 17.1 Å². The molecule has 0 N–H and O–H groups in total. The van der Waals surface area contributed by atoms with Crippen molar-refractivity contribution in [3.8, 4) is 50.5 Å². The topological polar surface area (TPSA) is 69.5 Å². The van der Waals surface area contributed by atoms with Crippen LogP contribution in [0, 0.1) is 0 Å². The number of rotatable bonds is 5. The first-order valence-corrected chi connectivity index (χ1v) is 16.4. The molecule has 0 fully saturated rings. The molecule has 0 unspecified atom stereocenters. The highest BCUT2D eigenvalue weighted by atomic mass is 32.1. The van der Waals surface area contributed by atoms with E-state index in [2.05, 4.69) is 65.6 Å². The highest BCUT2D eigenvalue weighted by molar-refractivity contribution is 7.26. The number of thiophene rings is 1. The third kappa shape index (κ3) is 4.44. The van der Waals surface area contributed by atoms with Gasteiger partial charge in [0.1, 0.15) is 5.69 Å². The smallest absolute Gasteiger partial charge is 0.360 e. The van der Waals surface area contributed by atoms with E-state index in [9.17, 15) is 9.59 Å². The van der Waals surface area contributed by atoms with Crippen LogP contribution < -0.4 is 11.4 Å². The molecule has 0 aliphatic heterocycles. The zero-order valence-corrected chi connectivity index (χ0v) is 26.2. The summed E-state index contributed by atoms with van der Waals surface area (Å²) in [5.41, 5.74) is 5.51. The molecule has 0 radical (unpaired) electrons. The van der Waals surface area contributed by atoms with Crippen molar-refractivity contribution in [2.24, 2.45) is 0 Å². The Hall–Kier alpha value is -6.31. The van der Waals surface area contributed by atoms with Gasteiger partial charge < -0.3 is 4.42 Å². The first kappa shape index (κ1) is 28.0. The summed E-state index contributed by atoms with van der Waals surface area (Å²) in [7, 11) is 0. The predicted octanol–water partition coefficient (Wildman–Crippen LogP) is 9.47. The minimum atomic E-state index is -0.710. The van der Waals surface area contributed by atoms with Crippen molar-refractivity contribution in [3.05, 3.63) is 173 Å². The molecule has 0 saturated heterocycles. The van der Waals surface area contributed by atoms with Gasteiger partial charge >= 0.3 is 17.2 Å². The minimum Gasteiger partial charge on any atom is -0.422 e. The second-order valence-electron chi connectivity index (χ2n) is 11.5. The van der Waals surface area contributed by atoms with E-state index in [1.165, 1.54) is 25.6 Å². The van der Waals surface area contributed by atoms with Gasteiger partial charge in [0, 0.05) is 31.3 Å². The third-order valence-electron chi connectivity index (χ3n) is 8.70. The molecule has 0 bridgehead atoms. The van der Waals surface area contributed by atoms with Gasteiger partial charge in [-0.05, 0) is 34.4 Å². The van der Waals surface area contributed by atoms with E-state index in [4.69, 9.17) is 4.42 Å². The summed E-state index contributed by atoms with van der Waals surface area (Å²) in [6.07, 6.45) is 0. The number of nitrogens with zero attached hydrogens (tertiary/aromatic N) is 3. The van der Waals surface area contributed by atoms with Crippen LogP contribution in [0.1, 0.15) is 0 Å². The molecule has 6 aromatic carbocycles. The lowest BCUT2D eigenvalue weighted by Crippen LogP contribution is -2.37. The molecule has 6 nitrogen and oxygen atoms in total. The molecule has 0 amide bonds. The monoisotopic (exact) mass is 639 g/mol. The summed E-state index contributed by atoms with van der Waals surface area (Å²) in [6, 6.07) is 49.7. The molecule has 3 heterocycles. The first-order valence-electron chi connectivity index (χ1n) is 15.6. The first-order chi connectivity index (χ1) is 23.7. The average molecular weight is 640 g/mol. The van der Waals surface area contributed by atoms with Crippen LogP contribution in [0.5, 0.6) is 0 Å². The number of aromatic nitrogens is 3. The maximum Gasteiger partial charge on any atom is 0.360 e. The van der Waals surface area contributed by atoms with Gasteiger partial charge in [0.25, 0.3) is 0 Å². The van der Waals surface area contributed by atoms with Crippen LogP contribution in [0.4, 0.5) is 0 Å². The highest BCUT2D eigenvalue weighted by Gasteiger charge is 2.23. The Kier molecular flexibility index (Phi) is 6.52. The van der Waals surface area contributed by atoms with Gasteiger partial charge in [0.05, 0.1) is 5.69 Å². The van der Waals surface area contributed by atoms with Crippen LogP contribution >= 0.6 is 11.3 Å². The Morgan fingerprint density at radius 1 is 0.542 bits per heavy atom. The zero-order chi connectivity index (χ0) is 32.2. The number of fused-ring (bicyclic) bond motifs is 4. The van der Waals surface area contributed by atoms with Crippen molar-refractivity contribution >= 4 is 37.4 Å². The second kappa shape index (κ2) is 11.2. The van der Waals surface area contributed by atoms with Crippen LogP contribution in [0.2, 0.25) is 0 Å². The molecular weight excluding hydrogens is 615 g/mol. The molecule has 9 rings (SSSR count). The Labute approximate surface area is 278 Å². The van der Waals surface area contributed by atoms with Gasteiger partial charge in [-0.1, -0.05) is 140 Å². The quantitative estimate of drug-likeness (QED) is 0.188. The second-order valence-corrected chi connectivity index (χ2v) is 12.5. The van der Waals surface area contributed by atoms with Crippen molar-refractivity contribution < 1.29 is 4.42 Å². The van der Waals surface area contributed by atoms with Gasteiger partial charge in [-0.25, -0.2) is 18.6 Å².